The van der Waals surface area contributed by atoms with Crippen LogP contribution in [0.25, 0.3) is 17.2 Å². The van der Waals surface area contributed by atoms with E-state index >= 15 is 0 Å². The van der Waals surface area contributed by atoms with Gasteiger partial charge < -0.3 is 30.8 Å². The van der Waals surface area contributed by atoms with Crippen molar-refractivity contribution in [2.24, 2.45) is 0 Å². The smallest absolute Gasteiger partial charge is 0.255 e. The number of nitrogens with zero attached hydrogens (tertiary/aromatic N) is 5. The highest BCUT2D eigenvalue weighted by Gasteiger charge is 2.14. The Morgan fingerprint density at radius 1 is 1.14 bits per heavy atom. The van der Waals surface area contributed by atoms with Crippen molar-refractivity contribution in [2.75, 3.05) is 41.9 Å². The van der Waals surface area contributed by atoms with Crippen LogP contribution in [0.2, 0.25) is 0 Å². The van der Waals surface area contributed by atoms with Crippen LogP contribution in [0.15, 0.2) is 71.3 Å². The fourth-order valence-electron chi connectivity index (χ4n) is 3.56. The Bertz CT molecular complexity index is 1550. The van der Waals surface area contributed by atoms with Crippen molar-refractivity contribution < 1.29 is 18.3 Å². The lowest BCUT2D eigenvalue weighted by molar-refractivity contribution is 0.102. The maximum Gasteiger partial charge on any atom is 0.255 e. The van der Waals surface area contributed by atoms with Crippen LogP contribution in [0.1, 0.15) is 10.4 Å². The van der Waals surface area contributed by atoms with Gasteiger partial charge in [0.1, 0.15) is 24.0 Å². The molecule has 0 spiro atoms. The number of nitrogen functional groups attached to an aromatic ring is 2. The second kappa shape index (κ2) is 9.85. The largest absolute Gasteiger partial charge is 0.492 e. The summed E-state index contributed by atoms with van der Waals surface area (Å²) in [4.78, 5) is 23.2. The van der Waals surface area contributed by atoms with E-state index in [1.807, 2.05) is 11.9 Å². The molecule has 5 aromatic rings. The standard InChI is InChI=1S/C25H23FN8O3/c1-33(21-14-22-30-23(20-3-2-11-37-20)32-34(22)25(28)31-21)10-12-36-17-7-4-15(5-8-17)24(35)29-19-9-6-16(26)13-18(19)27/h2-9,11,13-14H,10,12,27H2,1H3,(H2,28,31)(H,29,35). The van der Waals surface area contributed by atoms with E-state index in [1.54, 1.807) is 48.7 Å². The maximum absolute atomic E-state index is 13.2. The first-order chi connectivity index (χ1) is 17.9. The molecule has 1 amide bonds. The van der Waals surface area contributed by atoms with Crippen molar-refractivity contribution in [1.29, 1.82) is 0 Å². The molecule has 12 heteroatoms. The lowest BCUT2D eigenvalue weighted by atomic mass is 10.2. The molecule has 3 heterocycles. The summed E-state index contributed by atoms with van der Waals surface area (Å²) in [5, 5.41) is 7.00. The Balaban J connectivity index is 1.18. The van der Waals surface area contributed by atoms with E-state index in [0.29, 0.717) is 53.2 Å². The van der Waals surface area contributed by atoms with Crippen LogP contribution in [-0.2, 0) is 0 Å². The summed E-state index contributed by atoms with van der Waals surface area (Å²) in [7, 11) is 1.86. The van der Waals surface area contributed by atoms with Crippen LogP contribution in [0.5, 0.6) is 5.75 Å². The summed E-state index contributed by atoms with van der Waals surface area (Å²) in [6, 6.07) is 15.7. The summed E-state index contributed by atoms with van der Waals surface area (Å²) in [6.45, 7) is 0.860. The first-order valence-electron chi connectivity index (χ1n) is 11.2. The molecule has 0 aliphatic rings. The Hall–Kier alpha value is -5.13. The summed E-state index contributed by atoms with van der Waals surface area (Å²) < 4.78 is 25.8. The zero-order chi connectivity index (χ0) is 25.9. The molecule has 0 unspecified atom stereocenters. The second-order valence-corrected chi connectivity index (χ2v) is 8.14. The molecular formula is C25H23FN8O3. The van der Waals surface area contributed by atoms with Gasteiger partial charge in [-0.3, -0.25) is 4.79 Å². The van der Waals surface area contributed by atoms with Crippen LogP contribution in [0.3, 0.4) is 0 Å². The third-order valence-electron chi connectivity index (χ3n) is 5.54. The number of furan rings is 1. The number of fused-ring (bicyclic) bond motifs is 1. The molecule has 0 aliphatic carbocycles. The Morgan fingerprint density at radius 3 is 2.68 bits per heavy atom. The molecule has 0 radical (unpaired) electrons. The van der Waals surface area contributed by atoms with Gasteiger partial charge in [0.05, 0.1) is 24.2 Å². The zero-order valence-corrected chi connectivity index (χ0v) is 19.8. The minimum Gasteiger partial charge on any atom is -0.492 e. The SMILES string of the molecule is CN(CCOc1ccc(C(=O)Nc2ccc(F)cc2N)cc1)c1cc2nc(-c3ccco3)nn2c(N)n1. The molecule has 0 saturated heterocycles. The van der Waals surface area contributed by atoms with Gasteiger partial charge in [0.2, 0.25) is 11.8 Å². The van der Waals surface area contributed by atoms with Crippen LogP contribution >= 0.6 is 0 Å². The topological polar surface area (TPSA) is 150 Å². The van der Waals surface area contributed by atoms with Crippen LogP contribution in [-0.4, -0.2) is 45.7 Å². The number of carbonyl (C=O) groups is 1. The lowest BCUT2D eigenvalue weighted by Gasteiger charge is -2.18. The van der Waals surface area contributed by atoms with Crippen LogP contribution in [0.4, 0.5) is 27.5 Å². The van der Waals surface area contributed by atoms with Crippen molar-refractivity contribution in [3.63, 3.8) is 0 Å². The first-order valence-corrected chi connectivity index (χ1v) is 11.2. The molecule has 0 saturated carbocycles. The van der Waals surface area contributed by atoms with Gasteiger partial charge >= 0.3 is 0 Å². The van der Waals surface area contributed by atoms with E-state index in [2.05, 4.69) is 20.4 Å². The van der Waals surface area contributed by atoms with E-state index in [4.69, 9.17) is 20.6 Å². The van der Waals surface area contributed by atoms with Crippen molar-refractivity contribution in [2.45, 2.75) is 0 Å². The number of likely N-dealkylation sites (N-methyl/N-ethyl adjacent to an activating group) is 1. The predicted octanol–water partition coefficient (Wildman–Crippen LogP) is 3.46. The normalized spacial score (nSPS) is 11.0. The highest BCUT2D eigenvalue weighted by atomic mass is 19.1. The van der Waals surface area contributed by atoms with Gasteiger partial charge in [-0.1, -0.05) is 0 Å². The highest BCUT2D eigenvalue weighted by Crippen LogP contribution is 2.22. The van der Waals surface area contributed by atoms with Crippen molar-refractivity contribution >= 4 is 34.7 Å². The maximum atomic E-state index is 13.2. The molecule has 5 N–H and O–H groups in total. The van der Waals surface area contributed by atoms with E-state index in [1.165, 1.54) is 16.6 Å². The number of ether oxygens (including phenoxy) is 1. The molecule has 0 fully saturated rings. The van der Waals surface area contributed by atoms with Gasteiger partial charge in [-0.15, -0.1) is 5.10 Å². The Labute approximate surface area is 210 Å². The zero-order valence-electron chi connectivity index (χ0n) is 19.8. The summed E-state index contributed by atoms with van der Waals surface area (Å²) in [5.41, 5.74) is 13.3. The molecule has 0 atom stereocenters. The van der Waals surface area contributed by atoms with E-state index in [9.17, 15) is 9.18 Å². The highest BCUT2D eigenvalue weighted by molar-refractivity contribution is 6.05. The number of carbonyl (C=O) groups excluding carboxylic acids is 1. The molecular weight excluding hydrogens is 479 g/mol. The van der Waals surface area contributed by atoms with Crippen LogP contribution < -0.4 is 26.4 Å². The van der Waals surface area contributed by atoms with Crippen LogP contribution in [0, 0.1) is 5.82 Å². The number of amides is 1. The lowest BCUT2D eigenvalue weighted by Crippen LogP contribution is -2.25. The first kappa shape index (κ1) is 23.6. The predicted molar refractivity (Wildman–Crippen MR) is 137 cm³/mol. The van der Waals surface area contributed by atoms with Gasteiger partial charge in [-0.2, -0.15) is 9.50 Å². The number of halogens is 1. The number of hydrogen-bond acceptors (Lipinski definition) is 9. The second-order valence-electron chi connectivity index (χ2n) is 8.14. The molecule has 188 valence electrons. The number of nitrogens with two attached hydrogens (primary N) is 2. The summed E-state index contributed by atoms with van der Waals surface area (Å²) >= 11 is 0. The number of anilines is 4. The molecule has 3 aromatic heterocycles. The number of benzene rings is 2. The van der Waals surface area contributed by atoms with Crippen molar-refractivity contribution in [3.8, 4) is 17.3 Å². The minimum absolute atomic E-state index is 0.148. The number of nitrogens with one attached hydrogen (secondary N) is 1. The summed E-state index contributed by atoms with van der Waals surface area (Å²) in [6.07, 6.45) is 1.55. The van der Waals surface area contributed by atoms with Gasteiger partial charge in [0, 0.05) is 18.7 Å². The average molecular weight is 503 g/mol. The van der Waals surface area contributed by atoms with Gasteiger partial charge in [0.15, 0.2) is 11.4 Å². The third kappa shape index (κ3) is 5.12. The third-order valence-corrected chi connectivity index (χ3v) is 5.54. The number of rotatable bonds is 8. The summed E-state index contributed by atoms with van der Waals surface area (Å²) in [5.74, 6) is 1.51. The molecule has 37 heavy (non-hydrogen) atoms. The van der Waals surface area contributed by atoms with Gasteiger partial charge in [0.25, 0.3) is 5.91 Å². The Morgan fingerprint density at radius 2 is 1.95 bits per heavy atom. The fraction of sp³-hybridized carbons (Fsp3) is 0.120. The van der Waals surface area contributed by atoms with E-state index in [0.717, 1.165) is 6.07 Å². The van der Waals surface area contributed by atoms with E-state index in [-0.39, 0.29) is 17.5 Å². The fourth-order valence-corrected chi connectivity index (χ4v) is 3.56. The molecule has 0 aliphatic heterocycles. The number of hydrogen-bond donors (Lipinski definition) is 3. The van der Waals surface area contributed by atoms with Crippen molar-refractivity contribution in [1.82, 2.24) is 19.6 Å². The molecule has 2 aromatic carbocycles. The van der Waals surface area contributed by atoms with E-state index < -0.39 is 5.82 Å². The molecule has 5 rings (SSSR count). The molecule has 0 bridgehead atoms. The minimum atomic E-state index is -0.472. The molecule has 11 nitrogen and oxygen atoms in total. The van der Waals surface area contributed by atoms with Crippen molar-refractivity contribution in [3.05, 3.63) is 78.3 Å². The average Bonchev–Trinajstić information content (AvgIpc) is 3.56. The van der Waals surface area contributed by atoms with Gasteiger partial charge in [-0.25, -0.2) is 9.37 Å². The Kier molecular flexibility index (Phi) is 6.29. The van der Waals surface area contributed by atoms with Gasteiger partial charge in [-0.05, 0) is 54.6 Å². The quantitative estimate of drug-likeness (QED) is 0.271. The number of aromatic nitrogens is 4. The monoisotopic (exact) mass is 502 g/mol.